The van der Waals surface area contributed by atoms with E-state index < -0.39 is 5.82 Å². The minimum absolute atomic E-state index is 0.100. The van der Waals surface area contributed by atoms with Gasteiger partial charge in [0.05, 0.1) is 6.20 Å². The van der Waals surface area contributed by atoms with Gasteiger partial charge >= 0.3 is 0 Å². The van der Waals surface area contributed by atoms with Crippen molar-refractivity contribution >= 4 is 24.2 Å². The normalized spacial score (nSPS) is 16.6. The third kappa shape index (κ3) is 4.88. The van der Waals surface area contributed by atoms with Crippen LogP contribution in [0.5, 0.6) is 11.5 Å². The van der Waals surface area contributed by atoms with E-state index in [4.69, 9.17) is 17.0 Å². The molecule has 3 aromatic rings. The second-order valence-electron chi connectivity index (χ2n) is 7.38. The van der Waals surface area contributed by atoms with E-state index in [0.717, 1.165) is 18.7 Å². The molecule has 1 amide bonds. The maximum absolute atomic E-state index is 14.4. The number of carbonyl (C=O) groups is 1. The van der Waals surface area contributed by atoms with Crippen molar-refractivity contribution in [2.75, 3.05) is 13.1 Å². The average molecular weight is 440 g/mol. The lowest BCUT2D eigenvalue weighted by Crippen LogP contribution is -2.38. The summed E-state index contributed by atoms with van der Waals surface area (Å²) in [6.45, 7) is 1.25. The summed E-state index contributed by atoms with van der Waals surface area (Å²) in [5.74, 6) is 0.916. The summed E-state index contributed by atoms with van der Waals surface area (Å²) in [5, 5.41) is 7.11. The van der Waals surface area contributed by atoms with Gasteiger partial charge in [0.1, 0.15) is 11.6 Å². The van der Waals surface area contributed by atoms with Gasteiger partial charge in [-0.05, 0) is 61.0 Å². The van der Waals surface area contributed by atoms with Gasteiger partial charge in [0.15, 0.2) is 16.3 Å². The first-order valence-corrected chi connectivity index (χ1v) is 10.4. The van der Waals surface area contributed by atoms with Gasteiger partial charge < -0.3 is 14.2 Å². The minimum atomic E-state index is -0.512. The number of H-pyrrole nitrogens is 1. The summed E-state index contributed by atoms with van der Waals surface area (Å²) in [6.07, 6.45) is 8.05. The molecule has 1 saturated heterocycles. The molecule has 0 saturated carbocycles. The number of hydrogen-bond acceptors (Lipinski definition) is 5. The molecule has 3 heterocycles. The molecule has 1 aliphatic heterocycles. The molecule has 0 bridgehead atoms. The van der Waals surface area contributed by atoms with Gasteiger partial charge in [-0.3, -0.25) is 14.9 Å². The number of ether oxygens (including phenoxy) is 1. The lowest BCUT2D eigenvalue weighted by atomic mass is 9.97. The van der Waals surface area contributed by atoms with Crippen molar-refractivity contribution in [3.8, 4) is 11.5 Å². The summed E-state index contributed by atoms with van der Waals surface area (Å²) >= 11 is 5.19. The molecule has 1 N–H and O–H groups in total. The maximum atomic E-state index is 14.4. The summed E-state index contributed by atoms with van der Waals surface area (Å²) in [7, 11) is 1.87. The molecule has 0 radical (unpaired) electrons. The predicted molar refractivity (Wildman–Crippen MR) is 117 cm³/mol. The fourth-order valence-corrected chi connectivity index (χ4v) is 3.76. The van der Waals surface area contributed by atoms with E-state index in [0.29, 0.717) is 29.2 Å². The molecular weight excluding hydrogens is 417 g/mol. The van der Waals surface area contributed by atoms with Crippen LogP contribution in [-0.2, 0) is 11.8 Å². The number of aromatic amines is 1. The number of nitrogens with one attached hydrogen (secondary N) is 1. The predicted octanol–water partition coefficient (Wildman–Crippen LogP) is 4.22. The van der Waals surface area contributed by atoms with E-state index in [1.165, 1.54) is 24.4 Å². The minimum Gasteiger partial charge on any atom is -0.453 e. The van der Waals surface area contributed by atoms with E-state index in [1.807, 2.05) is 11.6 Å². The van der Waals surface area contributed by atoms with Crippen molar-refractivity contribution in [3.63, 3.8) is 0 Å². The topological polar surface area (TPSA) is 76.0 Å². The van der Waals surface area contributed by atoms with Crippen molar-refractivity contribution in [2.45, 2.75) is 18.8 Å². The Labute approximate surface area is 184 Å². The molecule has 2 aromatic heterocycles. The van der Waals surface area contributed by atoms with Gasteiger partial charge in [0, 0.05) is 38.3 Å². The first-order chi connectivity index (χ1) is 15.0. The zero-order chi connectivity index (χ0) is 21.8. The van der Waals surface area contributed by atoms with Gasteiger partial charge in [-0.25, -0.2) is 4.39 Å². The zero-order valence-corrected chi connectivity index (χ0v) is 17.8. The number of nitrogens with zero attached hydrogens (tertiary/aromatic N) is 4. The second-order valence-corrected chi connectivity index (χ2v) is 7.77. The van der Waals surface area contributed by atoms with Crippen LogP contribution in [0.15, 0.2) is 48.8 Å². The largest absolute Gasteiger partial charge is 0.453 e. The average Bonchev–Trinajstić information content (AvgIpc) is 3.13. The number of aromatic nitrogens is 4. The van der Waals surface area contributed by atoms with E-state index >= 15 is 0 Å². The summed E-state index contributed by atoms with van der Waals surface area (Å²) in [4.78, 5) is 18.4. The Bertz CT molecular complexity index is 1160. The number of benzene rings is 1. The highest BCUT2D eigenvalue weighted by molar-refractivity contribution is 7.71. The molecule has 1 aliphatic rings. The third-order valence-electron chi connectivity index (χ3n) is 5.25. The van der Waals surface area contributed by atoms with Gasteiger partial charge in [0.25, 0.3) is 0 Å². The van der Waals surface area contributed by atoms with Crippen LogP contribution in [0.2, 0.25) is 0 Å². The standard InChI is InChI=1S/C22H22FN5O2S/c1-27-21(25-26-22(27)31)16-4-3-11-28(14-16)20(29)9-7-15-6-8-19(18(23)12-15)30-17-5-2-10-24-13-17/h2,5-10,12-13,16H,3-4,11,14H2,1H3,(H,26,31). The molecule has 0 aliphatic carbocycles. The van der Waals surface area contributed by atoms with E-state index in [9.17, 15) is 9.18 Å². The molecule has 7 nitrogen and oxygen atoms in total. The van der Waals surface area contributed by atoms with Crippen molar-refractivity contribution < 1.29 is 13.9 Å². The zero-order valence-electron chi connectivity index (χ0n) is 17.0. The van der Waals surface area contributed by atoms with Gasteiger partial charge in [-0.2, -0.15) is 5.10 Å². The Hall–Kier alpha value is -3.33. The molecule has 4 rings (SSSR count). The third-order valence-corrected chi connectivity index (χ3v) is 5.61. The highest BCUT2D eigenvalue weighted by Gasteiger charge is 2.26. The van der Waals surface area contributed by atoms with Crippen molar-refractivity contribution in [1.29, 1.82) is 0 Å². The van der Waals surface area contributed by atoms with Crippen LogP contribution in [0.4, 0.5) is 4.39 Å². The molecule has 0 spiro atoms. The van der Waals surface area contributed by atoms with Crippen LogP contribution < -0.4 is 4.74 Å². The fourth-order valence-electron chi connectivity index (χ4n) is 3.62. The Morgan fingerprint density at radius 2 is 2.26 bits per heavy atom. The van der Waals surface area contributed by atoms with Crippen molar-refractivity contribution in [1.82, 2.24) is 24.6 Å². The van der Waals surface area contributed by atoms with Crippen LogP contribution in [0.3, 0.4) is 0 Å². The number of halogens is 1. The summed E-state index contributed by atoms with van der Waals surface area (Å²) < 4.78 is 22.3. The Morgan fingerprint density at radius 1 is 1.39 bits per heavy atom. The number of likely N-dealkylation sites (tertiary alicyclic amines) is 1. The van der Waals surface area contributed by atoms with Crippen LogP contribution in [-0.4, -0.2) is 43.6 Å². The number of carbonyl (C=O) groups excluding carboxylic acids is 1. The van der Waals surface area contributed by atoms with Crippen molar-refractivity contribution in [2.24, 2.45) is 7.05 Å². The number of pyridine rings is 1. The summed E-state index contributed by atoms with van der Waals surface area (Å²) in [6, 6.07) is 7.98. The Kier molecular flexibility index (Phi) is 6.22. The van der Waals surface area contributed by atoms with Crippen LogP contribution in [0, 0.1) is 10.6 Å². The van der Waals surface area contributed by atoms with Gasteiger partial charge in [-0.15, -0.1) is 0 Å². The number of amides is 1. The number of piperidine rings is 1. The van der Waals surface area contributed by atoms with E-state index in [2.05, 4.69) is 15.2 Å². The SMILES string of the molecule is Cn1c(C2CCCN(C(=O)C=Cc3ccc(Oc4cccnc4)c(F)c3)C2)n[nH]c1=S. The maximum Gasteiger partial charge on any atom is 0.246 e. The fraction of sp³-hybridized carbons (Fsp3) is 0.273. The van der Waals surface area contributed by atoms with Crippen LogP contribution in [0.25, 0.3) is 6.08 Å². The first-order valence-electron chi connectivity index (χ1n) is 9.97. The first kappa shape index (κ1) is 20.9. The highest BCUT2D eigenvalue weighted by atomic mass is 32.1. The molecule has 160 valence electrons. The molecule has 31 heavy (non-hydrogen) atoms. The Morgan fingerprint density at radius 3 is 2.97 bits per heavy atom. The van der Waals surface area contributed by atoms with E-state index in [1.54, 1.807) is 35.4 Å². The monoisotopic (exact) mass is 439 g/mol. The molecule has 1 aromatic carbocycles. The van der Waals surface area contributed by atoms with E-state index in [-0.39, 0.29) is 17.6 Å². The van der Waals surface area contributed by atoms with Crippen LogP contribution >= 0.6 is 12.2 Å². The van der Waals surface area contributed by atoms with Crippen LogP contribution in [0.1, 0.15) is 30.1 Å². The molecule has 1 fully saturated rings. The quantitative estimate of drug-likeness (QED) is 0.476. The van der Waals surface area contributed by atoms with Gasteiger partial charge in [0.2, 0.25) is 5.91 Å². The molecule has 1 atom stereocenters. The smallest absolute Gasteiger partial charge is 0.246 e. The number of hydrogen-bond donors (Lipinski definition) is 1. The molecule has 9 heteroatoms. The molecular formula is C22H22FN5O2S. The highest BCUT2D eigenvalue weighted by Crippen LogP contribution is 2.27. The molecule has 1 unspecified atom stereocenters. The Balaban J connectivity index is 1.41. The number of rotatable bonds is 5. The van der Waals surface area contributed by atoms with Gasteiger partial charge in [-0.1, -0.05) is 6.07 Å². The second kappa shape index (κ2) is 9.22. The summed E-state index contributed by atoms with van der Waals surface area (Å²) in [5.41, 5.74) is 0.576. The lowest BCUT2D eigenvalue weighted by Gasteiger charge is -2.31. The van der Waals surface area contributed by atoms with Crippen molar-refractivity contribution in [3.05, 3.63) is 70.8 Å². The lowest BCUT2D eigenvalue weighted by molar-refractivity contribution is -0.127.